The maximum Gasteiger partial charge on any atom is 0.265 e. The van der Waals surface area contributed by atoms with Gasteiger partial charge in [-0.05, 0) is 44.0 Å². The molecule has 1 atom stereocenters. The predicted molar refractivity (Wildman–Crippen MR) is 53.9 cm³/mol. The van der Waals surface area contributed by atoms with Crippen LogP contribution in [0, 0.1) is 5.92 Å². The van der Waals surface area contributed by atoms with Crippen LogP contribution in [0.1, 0.15) is 24.1 Å². The summed E-state index contributed by atoms with van der Waals surface area (Å²) >= 11 is 0. The van der Waals surface area contributed by atoms with Crippen LogP contribution in [0.15, 0.2) is 18.3 Å². The second-order valence-corrected chi connectivity index (χ2v) is 3.95. The summed E-state index contributed by atoms with van der Waals surface area (Å²) in [5, 5.41) is 3.27. The molecule has 0 amide bonds. The fourth-order valence-electron chi connectivity index (χ4n) is 1.87. The molecule has 1 unspecified atom stereocenters. The minimum absolute atomic E-state index is 0.00305. The summed E-state index contributed by atoms with van der Waals surface area (Å²) in [6.07, 6.45) is 0.900. The highest BCUT2D eigenvalue weighted by Gasteiger charge is 2.15. The number of pyridine rings is 1. The zero-order valence-electron chi connectivity index (χ0n) is 8.42. The van der Waals surface area contributed by atoms with Gasteiger partial charge in [0, 0.05) is 17.5 Å². The summed E-state index contributed by atoms with van der Waals surface area (Å²) in [6, 6.07) is 3.18. The van der Waals surface area contributed by atoms with Crippen molar-refractivity contribution < 1.29 is 8.78 Å². The van der Waals surface area contributed by atoms with Crippen LogP contribution < -0.4 is 5.32 Å². The van der Waals surface area contributed by atoms with E-state index >= 15 is 0 Å². The van der Waals surface area contributed by atoms with Crippen molar-refractivity contribution in [1.29, 1.82) is 0 Å². The molecule has 15 heavy (non-hydrogen) atoms. The van der Waals surface area contributed by atoms with E-state index in [1.54, 1.807) is 6.07 Å². The van der Waals surface area contributed by atoms with Crippen LogP contribution >= 0.6 is 0 Å². The van der Waals surface area contributed by atoms with Crippen molar-refractivity contribution in [1.82, 2.24) is 10.3 Å². The molecule has 0 spiro atoms. The predicted octanol–water partition coefficient (Wildman–Crippen LogP) is 2.17. The van der Waals surface area contributed by atoms with E-state index in [0.717, 1.165) is 31.6 Å². The molecule has 2 heterocycles. The Bertz CT molecular complexity index is 305. The minimum atomic E-state index is -2.42. The summed E-state index contributed by atoms with van der Waals surface area (Å²) < 4.78 is 24.5. The highest BCUT2D eigenvalue weighted by molar-refractivity contribution is 5.15. The SMILES string of the molecule is FC(F)c1ccc(CC2CCNC2)nc1. The molecular weight excluding hydrogens is 198 g/mol. The number of nitrogens with one attached hydrogen (secondary N) is 1. The molecule has 0 radical (unpaired) electrons. The molecule has 1 N–H and O–H groups in total. The molecule has 0 bridgehead atoms. The second kappa shape index (κ2) is 4.66. The minimum Gasteiger partial charge on any atom is -0.316 e. The van der Waals surface area contributed by atoms with Crippen molar-refractivity contribution >= 4 is 0 Å². The van der Waals surface area contributed by atoms with Gasteiger partial charge in [0.2, 0.25) is 0 Å². The van der Waals surface area contributed by atoms with Crippen LogP contribution in [0.25, 0.3) is 0 Å². The normalized spacial score (nSPS) is 21.1. The first-order valence-electron chi connectivity index (χ1n) is 5.19. The van der Waals surface area contributed by atoms with Gasteiger partial charge in [0.15, 0.2) is 0 Å². The summed E-state index contributed by atoms with van der Waals surface area (Å²) in [5.41, 5.74) is 0.913. The standard InChI is InChI=1S/C11H14F2N2/c12-11(13)9-1-2-10(15-7-9)5-8-3-4-14-6-8/h1-2,7-8,11,14H,3-6H2. The fourth-order valence-corrected chi connectivity index (χ4v) is 1.87. The molecule has 1 fully saturated rings. The number of hydrogen-bond donors (Lipinski definition) is 1. The van der Waals surface area contributed by atoms with E-state index < -0.39 is 6.43 Å². The van der Waals surface area contributed by atoms with Gasteiger partial charge in [0.25, 0.3) is 6.43 Å². The summed E-state index contributed by atoms with van der Waals surface area (Å²) in [4.78, 5) is 4.06. The van der Waals surface area contributed by atoms with E-state index in [1.165, 1.54) is 12.3 Å². The lowest BCUT2D eigenvalue weighted by Gasteiger charge is -2.07. The highest BCUT2D eigenvalue weighted by atomic mass is 19.3. The van der Waals surface area contributed by atoms with E-state index in [1.807, 2.05) is 0 Å². The number of nitrogens with zero attached hydrogens (tertiary/aromatic N) is 1. The van der Waals surface area contributed by atoms with Crippen molar-refractivity contribution in [2.24, 2.45) is 5.92 Å². The Morgan fingerprint density at radius 3 is 2.87 bits per heavy atom. The number of aromatic nitrogens is 1. The molecule has 0 aromatic carbocycles. The Labute approximate surface area is 87.7 Å². The highest BCUT2D eigenvalue weighted by Crippen LogP contribution is 2.19. The Kier molecular flexibility index (Phi) is 3.26. The molecular formula is C11H14F2N2. The monoisotopic (exact) mass is 212 g/mol. The van der Waals surface area contributed by atoms with E-state index in [9.17, 15) is 8.78 Å². The molecule has 0 aliphatic carbocycles. The summed E-state index contributed by atoms with van der Waals surface area (Å²) in [6.45, 7) is 2.07. The summed E-state index contributed by atoms with van der Waals surface area (Å²) in [5.74, 6) is 0.606. The smallest absolute Gasteiger partial charge is 0.265 e. The second-order valence-electron chi connectivity index (χ2n) is 3.95. The molecule has 1 aromatic rings. The molecule has 1 aliphatic rings. The molecule has 4 heteroatoms. The van der Waals surface area contributed by atoms with Crippen LogP contribution in [-0.2, 0) is 6.42 Å². The largest absolute Gasteiger partial charge is 0.316 e. The van der Waals surface area contributed by atoms with Crippen molar-refractivity contribution in [2.75, 3.05) is 13.1 Å². The van der Waals surface area contributed by atoms with E-state index in [-0.39, 0.29) is 5.56 Å². The van der Waals surface area contributed by atoms with Crippen molar-refractivity contribution in [3.05, 3.63) is 29.6 Å². The van der Waals surface area contributed by atoms with E-state index in [4.69, 9.17) is 0 Å². The maximum atomic E-state index is 12.3. The van der Waals surface area contributed by atoms with Gasteiger partial charge < -0.3 is 5.32 Å². The van der Waals surface area contributed by atoms with Gasteiger partial charge in [-0.15, -0.1) is 0 Å². The van der Waals surface area contributed by atoms with Crippen molar-refractivity contribution in [3.63, 3.8) is 0 Å². The maximum absolute atomic E-state index is 12.3. The number of alkyl halides is 2. The first-order chi connectivity index (χ1) is 7.25. The molecule has 82 valence electrons. The van der Waals surface area contributed by atoms with E-state index in [2.05, 4.69) is 10.3 Å². The fraction of sp³-hybridized carbons (Fsp3) is 0.545. The molecule has 2 rings (SSSR count). The summed E-state index contributed by atoms with van der Waals surface area (Å²) in [7, 11) is 0. The average molecular weight is 212 g/mol. The van der Waals surface area contributed by atoms with Crippen molar-refractivity contribution in [2.45, 2.75) is 19.3 Å². The van der Waals surface area contributed by atoms with Gasteiger partial charge in [0.05, 0.1) is 0 Å². The molecule has 2 nitrogen and oxygen atoms in total. The molecule has 1 saturated heterocycles. The average Bonchev–Trinajstić information content (AvgIpc) is 2.71. The van der Waals surface area contributed by atoms with Crippen LogP contribution in [-0.4, -0.2) is 18.1 Å². The Hall–Kier alpha value is -1.03. The van der Waals surface area contributed by atoms with Gasteiger partial charge in [0.1, 0.15) is 0 Å². The van der Waals surface area contributed by atoms with Gasteiger partial charge in [-0.2, -0.15) is 0 Å². The van der Waals surface area contributed by atoms with Gasteiger partial charge in [-0.1, -0.05) is 0 Å². The van der Waals surface area contributed by atoms with Gasteiger partial charge in [-0.25, -0.2) is 8.78 Å². The third kappa shape index (κ3) is 2.72. The Balaban J connectivity index is 1.97. The van der Waals surface area contributed by atoms with Gasteiger partial charge >= 0.3 is 0 Å². The first kappa shape index (κ1) is 10.5. The number of rotatable bonds is 3. The third-order valence-corrected chi connectivity index (χ3v) is 2.76. The van der Waals surface area contributed by atoms with Gasteiger partial charge in [-0.3, -0.25) is 4.98 Å². The number of hydrogen-bond acceptors (Lipinski definition) is 2. The molecule has 1 aromatic heterocycles. The van der Waals surface area contributed by atoms with Crippen LogP contribution in [0.4, 0.5) is 8.78 Å². The van der Waals surface area contributed by atoms with E-state index in [0.29, 0.717) is 5.92 Å². The molecule has 1 aliphatic heterocycles. The lowest BCUT2D eigenvalue weighted by atomic mass is 10.0. The zero-order valence-corrected chi connectivity index (χ0v) is 8.42. The first-order valence-corrected chi connectivity index (χ1v) is 5.19. The van der Waals surface area contributed by atoms with Crippen LogP contribution in [0.5, 0.6) is 0 Å². The zero-order chi connectivity index (χ0) is 10.7. The quantitative estimate of drug-likeness (QED) is 0.830. The number of halogens is 2. The van der Waals surface area contributed by atoms with Crippen LogP contribution in [0.3, 0.4) is 0 Å². The third-order valence-electron chi connectivity index (χ3n) is 2.76. The van der Waals surface area contributed by atoms with Crippen molar-refractivity contribution in [3.8, 4) is 0 Å². The lowest BCUT2D eigenvalue weighted by molar-refractivity contribution is 0.151. The Morgan fingerprint density at radius 2 is 2.33 bits per heavy atom. The molecule has 0 saturated carbocycles. The Morgan fingerprint density at radius 1 is 1.47 bits per heavy atom. The topological polar surface area (TPSA) is 24.9 Å². The van der Waals surface area contributed by atoms with Crippen LogP contribution in [0.2, 0.25) is 0 Å². The lowest BCUT2D eigenvalue weighted by Crippen LogP contribution is -2.11.